The lowest BCUT2D eigenvalue weighted by molar-refractivity contribution is -0.217. The highest BCUT2D eigenvalue weighted by Crippen LogP contribution is 2.34. The van der Waals surface area contributed by atoms with E-state index in [0.29, 0.717) is 17.2 Å². The molecule has 0 saturated carbocycles. The second kappa shape index (κ2) is 9.63. The van der Waals surface area contributed by atoms with Crippen LogP contribution in [0.5, 0.6) is 0 Å². The van der Waals surface area contributed by atoms with Gasteiger partial charge in [0.05, 0.1) is 23.1 Å². The van der Waals surface area contributed by atoms with Crippen LogP contribution in [-0.4, -0.2) is 46.2 Å². The highest BCUT2D eigenvalue weighted by Gasteiger charge is 2.42. The molecule has 0 saturated heterocycles. The van der Waals surface area contributed by atoms with Crippen LogP contribution in [0.15, 0.2) is 55.1 Å². The van der Waals surface area contributed by atoms with Crippen LogP contribution < -0.4 is 10.6 Å². The van der Waals surface area contributed by atoms with Crippen molar-refractivity contribution in [3.63, 3.8) is 0 Å². The molecule has 0 fully saturated rings. The molecule has 1 atom stereocenters. The summed E-state index contributed by atoms with van der Waals surface area (Å²) in [6.45, 7) is 1.82. The molecule has 0 aliphatic carbocycles. The summed E-state index contributed by atoms with van der Waals surface area (Å²) in [6.07, 6.45) is -0.876. The van der Waals surface area contributed by atoms with Crippen LogP contribution in [0.3, 0.4) is 0 Å². The number of fused-ring (bicyclic) bond motifs is 1. The quantitative estimate of drug-likeness (QED) is 0.401. The van der Waals surface area contributed by atoms with Gasteiger partial charge in [-0.25, -0.2) is 4.98 Å². The second-order valence-electron chi connectivity index (χ2n) is 7.67. The topological polar surface area (TPSA) is 102 Å². The van der Waals surface area contributed by atoms with Crippen molar-refractivity contribution in [3.8, 4) is 11.1 Å². The van der Waals surface area contributed by atoms with Crippen molar-refractivity contribution in [2.75, 3.05) is 24.8 Å². The maximum Gasteiger partial charge on any atom is 0.420 e. The summed E-state index contributed by atoms with van der Waals surface area (Å²) in [4.78, 5) is 29.6. The van der Waals surface area contributed by atoms with Crippen molar-refractivity contribution in [3.05, 3.63) is 72.1 Å². The van der Waals surface area contributed by atoms with Crippen molar-refractivity contribution in [1.29, 1.82) is 0 Å². The third kappa shape index (κ3) is 5.19. The largest absolute Gasteiger partial charge is 0.420 e. The number of alkyl halides is 3. The first-order chi connectivity index (χ1) is 16.7. The number of carbonyl (C=O) groups excluding carboxylic acids is 1. The Bertz CT molecular complexity index is 1390. The lowest BCUT2D eigenvalue weighted by Gasteiger charge is -2.18. The van der Waals surface area contributed by atoms with Gasteiger partial charge in [-0.05, 0) is 31.2 Å². The molecule has 8 nitrogen and oxygen atoms in total. The van der Waals surface area contributed by atoms with E-state index in [1.54, 1.807) is 25.5 Å². The van der Waals surface area contributed by atoms with Gasteiger partial charge < -0.3 is 15.4 Å². The van der Waals surface area contributed by atoms with Gasteiger partial charge in [0.1, 0.15) is 5.82 Å². The van der Waals surface area contributed by atoms with Crippen molar-refractivity contribution in [2.24, 2.45) is 0 Å². The van der Waals surface area contributed by atoms with E-state index in [2.05, 4.69) is 35.3 Å². The molecule has 0 aliphatic heterocycles. The monoisotopic (exact) mass is 482 g/mol. The fourth-order valence-corrected chi connectivity index (χ4v) is 3.56. The summed E-state index contributed by atoms with van der Waals surface area (Å²) in [5.41, 5.74) is 2.96. The smallest absolute Gasteiger partial charge is 0.373 e. The van der Waals surface area contributed by atoms with Gasteiger partial charge in [-0.15, -0.1) is 0 Å². The molecule has 1 amide bonds. The highest BCUT2D eigenvalue weighted by atomic mass is 19.4. The number of hydrogen-bond acceptors (Lipinski definition) is 7. The van der Waals surface area contributed by atoms with E-state index >= 15 is 0 Å². The van der Waals surface area contributed by atoms with E-state index in [1.165, 1.54) is 12.3 Å². The maximum absolute atomic E-state index is 13.2. The molecular weight excluding hydrogens is 461 g/mol. The SMILES string of the molecule is CNc1cc2ncc(-c3cc(NC(=O)c4ccnc([C@@H](OC)C(F)(F)F)c4)cnc3C)cc2cn1. The number of nitrogens with one attached hydrogen (secondary N) is 2. The number of anilines is 2. The lowest BCUT2D eigenvalue weighted by atomic mass is 10.0. The maximum atomic E-state index is 13.2. The summed E-state index contributed by atoms with van der Waals surface area (Å²) in [5, 5.41) is 6.47. The molecule has 0 bridgehead atoms. The average Bonchev–Trinajstić information content (AvgIpc) is 2.84. The van der Waals surface area contributed by atoms with E-state index in [0.717, 1.165) is 41.4 Å². The van der Waals surface area contributed by atoms with Gasteiger partial charge in [-0.2, -0.15) is 13.2 Å². The fraction of sp³-hybridized carbons (Fsp3) is 0.208. The van der Waals surface area contributed by atoms with Crippen molar-refractivity contribution >= 4 is 28.3 Å². The Balaban J connectivity index is 1.61. The molecule has 0 aliphatic rings. The van der Waals surface area contributed by atoms with Crippen LogP contribution in [0.25, 0.3) is 22.0 Å². The number of aryl methyl sites for hydroxylation is 1. The predicted octanol–water partition coefficient (Wildman–Crippen LogP) is 4.94. The number of amides is 1. The third-order valence-electron chi connectivity index (χ3n) is 5.32. The Hall–Kier alpha value is -4.12. The molecule has 0 spiro atoms. The second-order valence-corrected chi connectivity index (χ2v) is 7.67. The van der Waals surface area contributed by atoms with Crippen molar-refractivity contribution in [1.82, 2.24) is 19.9 Å². The van der Waals surface area contributed by atoms with Crippen molar-refractivity contribution < 1.29 is 22.7 Å². The molecule has 35 heavy (non-hydrogen) atoms. The Labute approximate surface area is 198 Å². The highest BCUT2D eigenvalue weighted by molar-refractivity contribution is 6.04. The summed E-state index contributed by atoms with van der Waals surface area (Å²) >= 11 is 0. The Morgan fingerprint density at radius 1 is 1.03 bits per heavy atom. The van der Waals surface area contributed by atoms with E-state index in [9.17, 15) is 18.0 Å². The number of ether oxygens (including phenoxy) is 1. The minimum absolute atomic E-state index is 0.00205. The van der Waals surface area contributed by atoms with Crippen LogP contribution in [0.2, 0.25) is 0 Å². The van der Waals surface area contributed by atoms with Gasteiger partial charge in [-0.1, -0.05) is 0 Å². The van der Waals surface area contributed by atoms with Gasteiger partial charge in [-0.3, -0.25) is 19.7 Å². The molecular formula is C24H21F3N6O2. The minimum Gasteiger partial charge on any atom is -0.373 e. The first-order valence-electron chi connectivity index (χ1n) is 10.5. The number of methoxy groups -OCH3 is 1. The summed E-state index contributed by atoms with van der Waals surface area (Å²) in [5.74, 6) is 0.0920. The van der Waals surface area contributed by atoms with Crippen LogP contribution in [0.4, 0.5) is 24.7 Å². The van der Waals surface area contributed by atoms with E-state index in [1.807, 2.05) is 19.1 Å². The zero-order chi connectivity index (χ0) is 25.2. The molecule has 4 rings (SSSR count). The average molecular weight is 482 g/mol. The number of rotatable bonds is 6. The first-order valence-corrected chi connectivity index (χ1v) is 10.5. The normalized spacial score (nSPS) is 12.4. The number of nitrogens with zero attached hydrogens (tertiary/aromatic N) is 4. The Morgan fingerprint density at radius 2 is 1.83 bits per heavy atom. The number of aromatic nitrogens is 4. The molecule has 4 heterocycles. The van der Waals surface area contributed by atoms with E-state index in [4.69, 9.17) is 0 Å². The van der Waals surface area contributed by atoms with Crippen LogP contribution in [0.1, 0.15) is 27.8 Å². The molecule has 0 aromatic carbocycles. The van der Waals surface area contributed by atoms with E-state index in [-0.39, 0.29) is 5.56 Å². The zero-order valence-corrected chi connectivity index (χ0v) is 19.0. The summed E-state index contributed by atoms with van der Waals surface area (Å²) in [6, 6.07) is 7.86. The number of pyridine rings is 4. The predicted molar refractivity (Wildman–Crippen MR) is 125 cm³/mol. The van der Waals surface area contributed by atoms with E-state index < -0.39 is 23.9 Å². The van der Waals surface area contributed by atoms with Gasteiger partial charge >= 0.3 is 6.18 Å². The van der Waals surface area contributed by atoms with Crippen molar-refractivity contribution in [2.45, 2.75) is 19.2 Å². The molecule has 4 aromatic rings. The van der Waals surface area contributed by atoms with Gasteiger partial charge in [0.25, 0.3) is 5.91 Å². The Kier molecular flexibility index (Phi) is 6.61. The minimum atomic E-state index is -4.66. The summed E-state index contributed by atoms with van der Waals surface area (Å²) in [7, 11) is 2.71. The zero-order valence-electron chi connectivity index (χ0n) is 19.0. The summed E-state index contributed by atoms with van der Waals surface area (Å²) < 4.78 is 44.1. The molecule has 11 heteroatoms. The number of halogens is 3. The fourth-order valence-electron chi connectivity index (χ4n) is 3.56. The number of hydrogen-bond donors (Lipinski definition) is 2. The standard InChI is InChI=1S/C24H21F3N6O2/c1-13-18(15-6-16-11-32-21(28-2)9-19(16)31-10-15)8-17(12-30-13)33-23(34)14-4-5-29-20(7-14)22(35-3)24(25,26)27/h4-12,22H,1-3H3,(H,28,32)(H,33,34)/t22-/m1/s1. The molecule has 4 aromatic heterocycles. The van der Waals surface area contributed by atoms with Gasteiger partial charge in [0.15, 0.2) is 6.10 Å². The molecule has 0 unspecified atom stereocenters. The van der Waals surface area contributed by atoms with Crippen LogP contribution >= 0.6 is 0 Å². The van der Waals surface area contributed by atoms with Crippen LogP contribution in [-0.2, 0) is 4.74 Å². The van der Waals surface area contributed by atoms with Gasteiger partial charge in [0, 0.05) is 66.6 Å². The number of carbonyl (C=O) groups is 1. The van der Waals surface area contributed by atoms with Gasteiger partial charge in [0.2, 0.25) is 0 Å². The van der Waals surface area contributed by atoms with Crippen LogP contribution in [0, 0.1) is 6.92 Å². The molecule has 0 radical (unpaired) electrons. The molecule has 2 N–H and O–H groups in total. The molecule has 180 valence electrons. The Morgan fingerprint density at radius 3 is 2.54 bits per heavy atom. The lowest BCUT2D eigenvalue weighted by Crippen LogP contribution is -2.24. The first kappa shape index (κ1) is 24.0. The third-order valence-corrected chi connectivity index (χ3v) is 5.32.